The Morgan fingerprint density at radius 3 is 2.88 bits per heavy atom. The molecule has 3 rings (SSSR count). The number of nitrogens with zero attached hydrogens (tertiary/aromatic N) is 6. The van der Waals surface area contributed by atoms with Crippen molar-refractivity contribution in [2.24, 2.45) is 5.73 Å². The first kappa shape index (κ1) is 16.0. The summed E-state index contributed by atoms with van der Waals surface area (Å²) in [6.45, 7) is 2.51. The molecule has 0 saturated carbocycles. The van der Waals surface area contributed by atoms with Gasteiger partial charge in [-0.05, 0) is 0 Å². The molecular formula is C15H22N8O. The predicted molar refractivity (Wildman–Crippen MR) is 90.8 cm³/mol. The second-order valence-corrected chi connectivity index (χ2v) is 5.90. The summed E-state index contributed by atoms with van der Waals surface area (Å²) in [6, 6.07) is 1.52. The van der Waals surface area contributed by atoms with Crippen molar-refractivity contribution >= 4 is 17.7 Å². The molecule has 2 aromatic rings. The molecule has 24 heavy (non-hydrogen) atoms. The highest BCUT2D eigenvalue weighted by atomic mass is 16.2. The summed E-state index contributed by atoms with van der Waals surface area (Å²) < 4.78 is 2.14. The van der Waals surface area contributed by atoms with Crippen LogP contribution in [0.2, 0.25) is 0 Å². The van der Waals surface area contributed by atoms with E-state index in [2.05, 4.69) is 24.8 Å². The van der Waals surface area contributed by atoms with Crippen molar-refractivity contribution in [2.75, 3.05) is 37.4 Å². The van der Waals surface area contributed by atoms with Crippen molar-refractivity contribution in [3.63, 3.8) is 0 Å². The minimum absolute atomic E-state index is 0.377. The van der Waals surface area contributed by atoms with Crippen LogP contribution in [0.1, 0.15) is 11.5 Å². The number of hydrogen-bond donors (Lipinski definition) is 2. The van der Waals surface area contributed by atoms with Crippen molar-refractivity contribution in [1.29, 1.82) is 0 Å². The molecule has 1 aliphatic rings. The highest BCUT2D eigenvalue weighted by molar-refractivity contribution is 5.72. The van der Waals surface area contributed by atoms with Gasteiger partial charge in [0.1, 0.15) is 23.8 Å². The summed E-state index contributed by atoms with van der Waals surface area (Å²) in [5.41, 5.74) is 6.44. The minimum Gasteiger partial charge on any atom is -0.364 e. The van der Waals surface area contributed by atoms with Gasteiger partial charge in [-0.3, -0.25) is 0 Å². The molecule has 2 amide bonds. The third-order valence-corrected chi connectivity index (χ3v) is 4.09. The average molecular weight is 330 g/mol. The van der Waals surface area contributed by atoms with Gasteiger partial charge in [0.15, 0.2) is 0 Å². The van der Waals surface area contributed by atoms with Crippen molar-refractivity contribution in [2.45, 2.75) is 19.5 Å². The minimum atomic E-state index is -0.377. The van der Waals surface area contributed by atoms with E-state index in [9.17, 15) is 4.79 Å². The van der Waals surface area contributed by atoms with Gasteiger partial charge in [-0.2, -0.15) is 0 Å². The van der Waals surface area contributed by atoms with Gasteiger partial charge in [-0.25, -0.2) is 19.7 Å². The number of urea groups is 1. The predicted octanol–water partition coefficient (Wildman–Crippen LogP) is 0.288. The molecule has 1 aliphatic heterocycles. The van der Waals surface area contributed by atoms with Crippen LogP contribution in [0.5, 0.6) is 0 Å². The number of fused-ring (bicyclic) bond motifs is 1. The van der Waals surface area contributed by atoms with E-state index in [1.54, 1.807) is 11.2 Å². The number of carbonyl (C=O) groups excluding carboxylic acids is 1. The van der Waals surface area contributed by atoms with E-state index in [4.69, 9.17) is 5.73 Å². The van der Waals surface area contributed by atoms with E-state index >= 15 is 0 Å². The molecule has 9 heteroatoms. The fourth-order valence-corrected chi connectivity index (χ4v) is 2.72. The fourth-order valence-electron chi connectivity index (χ4n) is 2.72. The summed E-state index contributed by atoms with van der Waals surface area (Å²) in [6.07, 6.45) is 4.12. The summed E-state index contributed by atoms with van der Waals surface area (Å²) in [5.74, 6) is 2.58. The molecule has 0 spiro atoms. The monoisotopic (exact) mass is 330 g/mol. The number of carbonyl (C=O) groups is 1. The van der Waals surface area contributed by atoms with Crippen LogP contribution in [0.3, 0.4) is 0 Å². The molecule has 0 fully saturated rings. The smallest absolute Gasteiger partial charge is 0.314 e. The number of amides is 2. The molecule has 0 unspecified atom stereocenters. The molecule has 128 valence electrons. The van der Waals surface area contributed by atoms with Gasteiger partial charge in [-0.1, -0.05) is 0 Å². The summed E-state index contributed by atoms with van der Waals surface area (Å²) in [7, 11) is 3.88. The number of nitrogens with one attached hydrogen (secondary N) is 1. The normalized spacial score (nSPS) is 14.0. The van der Waals surface area contributed by atoms with Gasteiger partial charge in [-0.15, -0.1) is 0 Å². The van der Waals surface area contributed by atoms with Crippen LogP contribution in [0, 0.1) is 0 Å². The lowest BCUT2D eigenvalue weighted by Crippen LogP contribution is -2.37. The molecule has 0 radical (unpaired) electrons. The van der Waals surface area contributed by atoms with Crippen LogP contribution in [0.4, 0.5) is 16.4 Å². The summed E-state index contributed by atoms with van der Waals surface area (Å²) >= 11 is 0. The van der Waals surface area contributed by atoms with Gasteiger partial charge in [0.05, 0.1) is 18.4 Å². The van der Waals surface area contributed by atoms with E-state index < -0.39 is 0 Å². The number of hydrogen-bond acceptors (Lipinski definition) is 6. The zero-order valence-corrected chi connectivity index (χ0v) is 13.9. The molecule has 0 bridgehead atoms. The van der Waals surface area contributed by atoms with Crippen LogP contribution < -0.4 is 16.0 Å². The Balaban J connectivity index is 1.69. The molecule has 0 aliphatic carbocycles. The third kappa shape index (κ3) is 3.39. The van der Waals surface area contributed by atoms with E-state index in [-0.39, 0.29) is 6.03 Å². The quantitative estimate of drug-likeness (QED) is 0.835. The van der Waals surface area contributed by atoms with Gasteiger partial charge in [0.2, 0.25) is 0 Å². The standard InChI is InChI=1S/C15H22N8O/c1-21(2)14-7-12(19-10-20-14)17-8-11-9-18-13-3-4-22(15(16)24)5-6-23(11)13/h7,9-10H,3-6,8H2,1-2H3,(H2,16,24)(H,17,19,20). The Morgan fingerprint density at radius 1 is 1.29 bits per heavy atom. The first-order valence-electron chi connectivity index (χ1n) is 7.85. The SMILES string of the molecule is CN(C)c1cc(NCc2cnc3n2CCN(C(N)=O)CC3)ncn1. The first-order valence-corrected chi connectivity index (χ1v) is 7.85. The lowest BCUT2D eigenvalue weighted by molar-refractivity contribution is 0.208. The highest BCUT2D eigenvalue weighted by Crippen LogP contribution is 2.15. The van der Waals surface area contributed by atoms with Gasteiger partial charge in [0.25, 0.3) is 0 Å². The maximum atomic E-state index is 11.4. The van der Waals surface area contributed by atoms with Crippen molar-refractivity contribution in [1.82, 2.24) is 24.4 Å². The molecule has 2 aromatic heterocycles. The Bertz CT molecular complexity index is 726. The lowest BCUT2D eigenvalue weighted by atomic mass is 10.4. The van der Waals surface area contributed by atoms with E-state index in [1.165, 1.54) is 0 Å². The largest absolute Gasteiger partial charge is 0.364 e. The van der Waals surface area contributed by atoms with Gasteiger partial charge in [0, 0.05) is 46.2 Å². The van der Waals surface area contributed by atoms with Gasteiger partial charge < -0.3 is 25.4 Å². The number of rotatable bonds is 4. The van der Waals surface area contributed by atoms with Crippen LogP contribution >= 0.6 is 0 Å². The topological polar surface area (TPSA) is 105 Å². The molecule has 9 nitrogen and oxygen atoms in total. The lowest BCUT2D eigenvalue weighted by Gasteiger charge is -2.17. The van der Waals surface area contributed by atoms with E-state index in [1.807, 2.05) is 31.3 Å². The molecule has 3 heterocycles. The Morgan fingerprint density at radius 2 is 2.12 bits per heavy atom. The first-order chi connectivity index (χ1) is 11.5. The number of imidazole rings is 1. The Hall–Kier alpha value is -2.84. The summed E-state index contributed by atoms with van der Waals surface area (Å²) in [5, 5.41) is 3.30. The zero-order chi connectivity index (χ0) is 17.1. The third-order valence-electron chi connectivity index (χ3n) is 4.09. The zero-order valence-electron chi connectivity index (χ0n) is 13.9. The Kier molecular flexibility index (Phi) is 4.50. The average Bonchev–Trinajstić information content (AvgIpc) is 2.82. The molecule has 0 saturated heterocycles. The van der Waals surface area contributed by atoms with Crippen LogP contribution in [0.15, 0.2) is 18.6 Å². The van der Waals surface area contributed by atoms with Crippen molar-refractivity contribution in [3.05, 3.63) is 30.1 Å². The maximum absolute atomic E-state index is 11.4. The highest BCUT2D eigenvalue weighted by Gasteiger charge is 2.19. The summed E-state index contributed by atoms with van der Waals surface area (Å²) in [4.78, 5) is 27.8. The van der Waals surface area contributed by atoms with Crippen LogP contribution in [-0.2, 0) is 19.5 Å². The molecule has 0 aromatic carbocycles. The molecular weight excluding hydrogens is 308 g/mol. The second-order valence-electron chi connectivity index (χ2n) is 5.90. The van der Waals surface area contributed by atoms with E-state index in [0.29, 0.717) is 32.6 Å². The maximum Gasteiger partial charge on any atom is 0.314 e. The van der Waals surface area contributed by atoms with Crippen molar-refractivity contribution < 1.29 is 4.79 Å². The van der Waals surface area contributed by atoms with Gasteiger partial charge >= 0.3 is 6.03 Å². The number of nitrogens with two attached hydrogens (primary N) is 1. The number of aromatic nitrogens is 4. The molecule has 3 N–H and O–H groups in total. The number of primary amides is 1. The molecule has 0 atom stereocenters. The van der Waals surface area contributed by atoms with E-state index in [0.717, 1.165) is 23.2 Å². The fraction of sp³-hybridized carbons (Fsp3) is 0.467. The van der Waals surface area contributed by atoms with Crippen molar-refractivity contribution in [3.8, 4) is 0 Å². The second kappa shape index (κ2) is 6.73. The van der Waals surface area contributed by atoms with Crippen LogP contribution in [0.25, 0.3) is 0 Å². The van der Waals surface area contributed by atoms with Crippen LogP contribution in [-0.4, -0.2) is 57.6 Å². The number of anilines is 2. The Labute approximate surface area is 140 Å².